The van der Waals surface area contributed by atoms with Gasteiger partial charge in [0.05, 0.1) is 26.6 Å². The summed E-state index contributed by atoms with van der Waals surface area (Å²) in [6.45, 7) is 0. The van der Waals surface area contributed by atoms with Gasteiger partial charge in [-0.15, -0.1) is 0 Å². The molecule has 2 aromatic carbocycles. The zero-order valence-electron chi connectivity index (χ0n) is 35.6. The number of hydrogen-bond donors (Lipinski definition) is 4. The van der Waals surface area contributed by atoms with E-state index in [0.29, 0.717) is 79.5 Å². The van der Waals surface area contributed by atoms with E-state index in [4.69, 9.17) is 34.7 Å². The van der Waals surface area contributed by atoms with Crippen LogP contribution in [0.4, 0.5) is 0 Å². The van der Waals surface area contributed by atoms with E-state index in [1.165, 1.54) is 12.1 Å². The fourth-order valence-corrected chi connectivity index (χ4v) is 18.3. The molecule has 13 nitrogen and oxygen atoms in total. The Labute approximate surface area is 384 Å². The van der Waals surface area contributed by atoms with Crippen molar-refractivity contribution in [1.29, 1.82) is 0 Å². The van der Waals surface area contributed by atoms with Crippen LogP contribution in [0.3, 0.4) is 0 Å². The summed E-state index contributed by atoms with van der Waals surface area (Å²) in [5.74, 6) is 2.33. The van der Waals surface area contributed by atoms with Crippen LogP contribution >= 0.6 is 23.2 Å². The van der Waals surface area contributed by atoms with Crippen LogP contribution in [-0.4, -0.2) is 56.3 Å². The van der Waals surface area contributed by atoms with E-state index in [0.717, 1.165) is 69.6 Å². The summed E-state index contributed by atoms with van der Waals surface area (Å²) in [5, 5.41) is 0.801. The Bertz CT molecular complexity index is 2650. The van der Waals surface area contributed by atoms with Gasteiger partial charge in [-0.1, -0.05) is 47.5 Å². The Balaban J connectivity index is 0.000000152. The largest absolute Gasteiger partial charge is 0.369 e. The number of amides is 2. The second kappa shape index (κ2) is 15.5. The van der Waals surface area contributed by atoms with Gasteiger partial charge >= 0.3 is 0 Å². The lowest BCUT2D eigenvalue weighted by Gasteiger charge is -2.59. The third kappa shape index (κ3) is 7.61. The van der Waals surface area contributed by atoms with Gasteiger partial charge in [0, 0.05) is 35.3 Å². The van der Waals surface area contributed by atoms with Crippen LogP contribution in [-0.2, 0) is 39.2 Å². The van der Waals surface area contributed by atoms with Crippen molar-refractivity contribution in [2.45, 2.75) is 124 Å². The quantitative estimate of drug-likeness (QED) is 0.136. The van der Waals surface area contributed by atoms with Gasteiger partial charge in [-0.3, -0.25) is 24.2 Å². The number of carbonyl (C=O) groups is 4. The summed E-state index contributed by atoms with van der Waals surface area (Å²) in [7, 11) is -7.94. The zero-order chi connectivity index (χ0) is 45.2. The van der Waals surface area contributed by atoms with E-state index in [9.17, 15) is 36.0 Å². The number of Topliss-reactive ketones (excluding diaryl/α,β-unsaturated/α-hetero) is 2. The molecule has 64 heavy (non-hydrogen) atoms. The molecule has 0 saturated heterocycles. The molecule has 2 amide bonds. The first-order valence-corrected chi connectivity index (χ1v) is 26.5. The molecule has 342 valence electrons. The molecular weight excluding hydrogens is 898 g/mol. The molecule has 0 radical (unpaired) electrons. The highest BCUT2D eigenvalue weighted by molar-refractivity contribution is 7.90. The number of sulfonamides is 2. The number of rotatable bonds is 14. The lowest BCUT2D eigenvalue weighted by molar-refractivity contribution is -0.152. The average Bonchev–Trinajstić information content (AvgIpc) is 4.17. The number of benzene rings is 2. The van der Waals surface area contributed by atoms with Crippen molar-refractivity contribution >= 4 is 77.5 Å². The minimum Gasteiger partial charge on any atom is -0.369 e. The van der Waals surface area contributed by atoms with E-state index in [2.05, 4.69) is 14.4 Å². The second-order valence-corrected chi connectivity index (χ2v) is 25.2. The summed E-state index contributed by atoms with van der Waals surface area (Å²) in [4.78, 5) is 55.4. The van der Waals surface area contributed by atoms with Crippen LogP contribution in [0, 0.1) is 58.2 Å². The zero-order valence-corrected chi connectivity index (χ0v) is 38.7. The van der Waals surface area contributed by atoms with Gasteiger partial charge in [-0.2, -0.15) is 9.44 Å². The van der Waals surface area contributed by atoms with Gasteiger partial charge in [0.2, 0.25) is 31.9 Å². The number of halogens is 2. The fraction of sp³-hybridized carbons (Fsp3) is 0.596. The molecule has 10 saturated carbocycles. The minimum absolute atomic E-state index is 0.00938. The molecular formula is C47H55Cl2N5O8S2. The first-order chi connectivity index (χ1) is 30.3. The first kappa shape index (κ1) is 44.4. The Kier molecular flexibility index (Phi) is 10.8. The molecule has 1 aromatic heterocycles. The van der Waals surface area contributed by atoms with Crippen molar-refractivity contribution in [3.63, 3.8) is 0 Å². The molecule has 0 aliphatic heterocycles. The fourth-order valence-electron chi connectivity index (χ4n) is 14.1. The molecule has 13 rings (SSSR count). The van der Waals surface area contributed by atoms with Crippen LogP contribution in [0.1, 0.15) is 103 Å². The van der Waals surface area contributed by atoms with Crippen molar-refractivity contribution in [2.24, 2.45) is 69.6 Å². The Morgan fingerprint density at radius 2 is 1.03 bits per heavy atom. The van der Waals surface area contributed by atoms with Crippen LogP contribution in [0.25, 0.3) is 10.9 Å². The average molecular weight is 953 g/mol. The van der Waals surface area contributed by atoms with Gasteiger partial charge in [-0.05, 0) is 162 Å². The molecule has 10 aliphatic rings. The number of nitrogens with two attached hydrogens (primary N) is 2. The van der Waals surface area contributed by atoms with E-state index in [1.807, 2.05) is 12.1 Å². The highest BCUT2D eigenvalue weighted by atomic mass is 35.5. The molecule has 8 bridgehead atoms. The standard InChI is InChI=1S/C25H29N3O4S.C22H26Cl2N2O4S/c26-23(30)24-12-15-9-17(13-24)19(18(10-15)14-24)11-21(29)25(6-7-25)28-33(31,32)20-5-1-3-16-4-2-8-27-22(16)20;23-16-2-1-3-17(24)19(16)31(29,30)26-22(4-5-22)18(27)8-15-13-6-12-7-14(15)11-21(9-12,10-13)20(25)28/h1-5,8,15,17-19,28H,6-7,9-14H2,(H2,26,30);1-3,12-15,26H,4-11H2,(H2,25,28). The monoisotopic (exact) mass is 951 g/mol. The molecule has 10 fully saturated rings. The summed E-state index contributed by atoms with van der Waals surface area (Å²) < 4.78 is 58.0. The number of primary amides is 2. The predicted molar refractivity (Wildman–Crippen MR) is 239 cm³/mol. The molecule has 17 heteroatoms. The van der Waals surface area contributed by atoms with Crippen molar-refractivity contribution in [3.05, 3.63) is 64.8 Å². The van der Waals surface area contributed by atoms with Crippen LogP contribution in [0.2, 0.25) is 10.0 Å². The van der Waals surface area contributed by atoms with Gasteiger partial charge in [-0.25, -0.2) is 16.8 Å². The molecule has 1 heterocycles. The number of pyridine rings is 1. The SMILES string of the molecule is NC(=O)C12CC3CC(C1)C(CC(=O)C1(NS(=O)(=O)c4c(Cl)cccc4Cl)CC1)C(C3)C2.NC(=O)C12CC3CC(C1)C(CC(=O)C1(NS(=O)(=O)c4cccc5cccnc45)CC1)C(C3)C2. The summed E-state index contributed by atoms with van der Waals surface area (Å²) in [6, 6.07) is 13.2. The molecule has 10 aliphatic carbocycles. The molecule has 4 atom stereocenters. The molecule has 6 N–H and O–H groups in total. The number of aromatic nitrogens is 1. The van der Waals surface area contributed by atoms with Crippen LogP contribution in [0.5, 0.6) is 0 Å². The topological polar surface area (TPSA) is 226 Å². The lowest BCUT2D eigenvalue weighted by Crippen LogP contribution is -2.56. The van der Waals surface area contributed by atoms with Crippen molar-refractivity contribution < 1.29 is 36.0 Å². The maximum Gasteiger partial charge on any atom is 0.244 e. The van der Waals surface area contributed by atoms with Gasteiger partial charge < -0.3 is 11.5 Å². The highest BCUT2D eigenvalue weighted by Crippen LogP contribution is 2.64. The predicted octanol–water partition coefficient (Wildman–Crippen LogP) is 6.62. The van der Waals surface area contributed by atoms with E-state index in [-0.39, 0.29) is 60.5 Å². The number of nitrogens with zero attached hydrogens (tertiary/aromatic N) is 1. The van der Waals surface area contributed by atoms with Crippen LogP contribution < -0.4 is 20.9 Å². The number of hydrogen-bond acceptors (Lipinski definition) is 9. The maximum absolute atomic E-state index is 13.5. The lowest BCUT2D eigenvalue weighted by atomic mass is 9.45. The van der Waals surface area contributed by atoms with Crippen molar-refractivity contribution in [1.82, 2.24) is 14.4 Å². The minimum atomic E-state index is -4.04. The van der Waals surface area contributed by atoms with Gasteiger partial charge in [0.25, 0.3) is 0 Å². The molecule has 4 unspecified atom stereocenters. The maximum atomic E-state index is 13.5. The van der Waals surface area contributed by atoms with Gasteiger partial charge in [0.1, 0.15) is 9.79 Å². The number of ketones is 2. The number of carbonyl (C=O) groups excluding carboxylic acids is 4. The Morgan fingerprint density at radius 3 is 1.47 bits per heavy atom. The molecule has 0 spiro atoms. The first-order valence-electron chi connectivity index (χ1n) is 22.8. The number of fused-ring (bicyclic) bond motifs is 1. The molecule has 3 aromatic rings. The summed E-state index contributed by atoms with van der Waals surface area (Å²) >= 11 is 12.2. The van der Waals surface area contributed by atoms with E-state index < -0.39 is 36.5 Å². The number of para-hydroxylation sites is 1. The third-order valence-electron chi connectivity index (χ3n) is 17.1. The third-order valence-corrected chi connectivity index (χ3v) is 21.2. The normalized spacial score (nSPS) is 34.5. The van der Waals surface area contributed by atoms with E-state index in [1.54, 1.807) is 30.5 Å². The highest BCUT2D eigenvalue weighted by Gasteiger charge is 2.62. The van der Waals surface area contributed by atoms with Crippen molar-refractivity contribution in [3.8, 4) is 0 Å². The van der Waals surface area contributed by atoms with E-state index >= 15 is 0 Å². The smallest absolute Gasteiger partial charge is 0.244 e. The van der Waals surface area contributed by atoms with Crippen LogP contribution in [0.15, 0.2) is 64.5 Å². The number of nitrogens with one attached hydrogen (secondary N) is 2. The van der Waals surface area contributed by atoms with Gasteiger partial charge in [0.15, 0.2) is 11.6 Å². The Morgan fingerprint density at radius 1 is 0.609 bits per heavy atom. The van der Waals surface area contributed by atoms with Crippen molar-refractivity contribution in [2.75, 3.05) is 0 Å². The summed E-state index contributed by atoms with van der Waals surface area (Å²) in [6.07, 6.45) is 13.4. The summed E-state index contributed by atoms with van der Waals surface area (Å²) in [5.41, 5.74) is 9.12. The second-order valence-electron chi connectivity index (χ2n) is 21.1. The Hall–Kier alpha value is -3.47.